The van der Waals surface area contributed by atoms with Gasteiger partial charge in [-0.1, -0.05) is 18.2 Å². The lowest BCUT2D eigenvalue weighted by Crippen LogP contribution is -2.17. The lowest BCUT2D eigenvalue weighted by atomic mass is 9.98. The van der Waals surface area contributed by atoms with E-state index in [2.05, 4.69) is 9.97 Å². The van der Waals surface area contributed by atoms with Crippen molar-refractivity contribution in [2.75, 3.05) is 13.2 Å². The Morgan fingerprint density at radius 2 is 1.95 bits per heavy atom. The zero-order valence-electron chi connectivity index (χ0n) is 10.7. The van der Waals surface area contributed by atoms with Gasteiger partial charge in [0.25, 0.3) is 0 Å². The summed E-state index contributed by atoms with van der Waals surface area (Å²) in [5, 5.41) is 0. The van der Waals surface area contributed by atoms with Crippen LogP contribution in [0.1, 0.15) is 24.5 Å². The van der Waals surface area contributed by atoms with Crippen molar-refractivity contribution >= 4 is 0 Å². The fourth-order valence-electron chi connectivity index (χ4n) is 2.25. The molecule has 98 valence electrons. The van der Waals surface area contributed by atoms with Crippen molar-refractivity contribution < 1.29 is 9.47 Å². The third-order valence-corrected chi connectivity index (χ3v) is 3.20. The summed E-state index contributed by atoms with van der Waals surface area (Å²) in [6.45, 7) is 1.54. The highest BCUT2D eigenvalue weighted by atomic mass is 16.5. The van der Waals surface area contributed by atoms with Crippen molar-refractivity contribution in [3.63, 3.8) is 0 Å². The summed E-state index contributed by atoms with van der Waals surface area (Å²) >= 11 is 0. The molecule has 0 saturated carbocycles. The maximum Gasteiger partial charge on any atom is 0.241 e. The molecule has 1 aromatic heterocycles. The van der Waals surface area contributed by atoms with Gasteiger partial charge in [0.2, 0.25) is 5.88 Å². The average molecular weight is 256 g/mol. The third-order valence-electron chi connectivity index (χ3n) is 3.20. The molecule has 4 nitrogen and oxygen atoms in total. The van der Waals surface area contributed by atoms with Crippen LogP contribution in [0.15, 0.2) is 42.7 Å². The molecular weight excluding hydrogens is 240 g/mol. The normalized spacial score (nSPS) is 19.1. The van der Waals surface area contributed by atoms with E-state index >= 15 is 0 Å². The molecule has 1 aliphatic heterocycles. The van der Waals surface area contributed by atoms with Crippen molar-refractivity contribution in [2.24, 2.45) is 0 Å². The van der Waals surface area contributed by atoms with Gasteiger partial charge < -0.3 is 9.47 Å². The van der Waals surface area contributed by atoms with Crippen LogP contribution >= 0.6 is 0 Å². The predicted octanol–water partition coefficient (Wildman–Crippen LogP) is 3.16. The number of hydrogen-bond acceptors (Lipinski definition) is 4. The lowest BCUT2D eigenvalue weighted by molar-refractivity contribution is 0.0784. The van der Waals surface area contributed by atoms with Crippen LogP contribution in [0.5, 0.6) is 11.6 Å². The quantitative estimate of drug-likeness (QED) is 0.846. The largest absolute Gasteiger partial charge is 0.437 e. The van der Waals surface area contributed by atoms with Gasteiger partial charge in [0.1, 0.15) is 11.4 Å². The second-order valence-corrected chi connectivity index (χ2v) is 4.58. The Morgan fingerprint density at radius 1 is 1.11 bits per heavy atom. The highest BCUT2D eigenvalue weighted by Crippen LogP contribution is 2.31. The molecule has 1 fully saturated rings. The van der Waals surface area contributed by atoms with E-state index in [0.717, 1.165) is 30.9 Å². The van der Waals surface area contributed by atoms with Crippen LogP contribution in [0.4, 0.5) is 0 Å². The molecule has 0 bridgehead atoms. The van der Waals surface area contributed by atoms with Gasteiger partial charge in [-0.2, -0.15) is 0 Å². The standard InChI is InChI=1S/C15H16N2O2/c1-2-6-13(7-3-1)19-15-14(16-8-9-17-15)12-5-4-10-18-11-12/h1-3,6-9,12H,4-5,10-11H2. The van der Waals surface area contributed by atoms with Gasteiger partial charge in [-0.25, -0.2) is 4.98 Å². The topological polar surface area (TPSA) is 44.2 Å². The minimum atomic E-state index is 0.279. The summed E-state index contributed by atoms with van der Waals surface area (Å²) in [5.74, 6) is 1.64. The molecule has 3 rings (SSSR count). The first-order valence-electron chi connectivity index (χ1n) is 6.55. The Labute approximate surface area is 112 Å². The Balaban J connectivity index is 1.84. The SMILES string of the molecule is c1ccc(Oc2nccnc2C2CCCOC2)cc1. The first kappa shape index (κ1) is 12.1. The Hall–Kier alpha value is -1.94. The number of rotatable bonds is 3. The molecule has 0 amide bonds. The van der Waals surface area contributed by atoms with Crippen LogP contribution in [0.25, 0.3) is 0 Å². The van der Waals surface area contributed by atoms with E-state index in [1.807, 2.05) is 30.3 Å². The van der Waals surface area contributed by atoms with Gasteiger partial charge in [0.15, 0.2) is 0 Å². The molecule has 1 aliphatic rings. The zero-order valence-corrected chi connectivity index (χ0v) is 10.7. The number of para-hydroxylation sites is 1. The van der Waals surface area contributed by atoms with E-state index in [-0.39, 0.29) is 5.92 Å². The third kappa shape index (κ3) is 2.90. The molecule has 1 atom stereocenters. The van der Waals surface area contributed by atoms with Crippen molar-refractivity contribution in [3.8, 4) is 11.6 Å². The summed E-state index contributed by atoms with van der Waals surface area (Å²) < 4.78 is 11.4. The molecule has 0 spiro atoms. The Bertz CT molecular complexity index is 525. The van der Waals surface area contributed by atoms with Gasteiger partial charge >= 0.3 is 0 Å². The minimum Gasteiger partial charge on any atom is -0.437 e. The fourth-order valence-corrected chi connectivity index (χ4v) is 2.25. The molecule has 1 unspecified atom stereocenters. The maximum absolute atomic E-state index is 5.83. The summed E-state index contributed by atoms with van der Waals surface area (Å²) in [4.78, 5) is 8.74. The number of aromatic nitrogens is 2. The summed E-state index contributed by atoms with van der Waals surface area (Å²) in [5.41, 5.74) is 0.894. The first-order chi connectivity index (χ1) is 9.43. The average Bonchev–Trinajstić information content (AvgIpc) is 2.50. The molecule has 1 saturated heterocycles. The molecule has 2 aromatic rings. The van der Waals surface area contributed by atoms with Gasteiger partial charge in [-0.3, -0.25) is 4.98 Å². The van der Waals surface area contributed by atoms with Crippen LogP contribution in [0.3, 0.4) is 0 Å². The molecule has 0 N–H and O–H groups in total. The second kappa shape index (κ2) is 5.80. The van der Waals surface area contributed by atoms with Crippen LogP contribution in [-0.2, 0) is 4.74 Å². The van der Waals surface area contributed by atoms with Gasteiger partial charge in [-0.15, -0.1) is 0 Å². The van der Waals surface area contributed by atoms with Gasteiger partial charge in [-0.05, 0) is 25.0 Å². The molecule has 0 aliphatic carbocycles. The van der Waals surface area contributed by atoms with E-state index in [9.17, 15) is 0 Å². The highest BCUT2D eigenvalue weighted by Gasteiger charge is 2.22. The summed E-state index contributed by atoms with van der Waals surface area (Å²) in [7, 11) is 0. The number of benzene rings is 1. The van der Waals surface area contributed by atoms with E-state index in [1.165, 1.54) is 0 Å². The van der Waals surface area contributed by atoms with Crippen molar-refractivity contribution in [1.82, 2.24) is 9.97 Å². The van der Waals surface area contributed by atoms with Crippen molar-refractivity contribution in [2.45, 2.75) is 18.8 Å². The van der Waals surface area contributed by atoms with Crippen molar-refractivity contribution in [1.29, 1.82) is 0 Å². The molecule has 1 aromatic carbocycles. The molecule has 2 heterocycles. The molecular formula is C15H16N2O2. The van der Waals surface area contributed by atoms with E-state index in [0.29, 0.717) is 12.5 Å². The maximum atomic E-state index is 5.83. The molecule has 0 radical (unpaired) electrons. The van der Waals surface area contributed by atoms with E-state index in [1.54, 1.807) is 12.4 Å². The lowest BCUT2D eigenvalue weighted by Gasteiger charge is -2.22. The Kier molecular flexibility index (Phi) is 3.70. The Morgan fingerprint density at radius 3 is 2.74 bits per heavy atom. The number of nitrogens with zero attached hydrogens (tertiary/aromatic N) is 2. The number of hydrogen-bond donors (Lipinski definition) is 0. The highest BCUT2D eigenvalue weighted by molar-refractivity contribution is 5.30. The minimum absolute atomic E-state index is 0.279. The van der Waals surface area contributed by atoms with E-state index < -0.39 is 0 Å². The van der Waals surface area contributed by atoms with Crippen LogP contribution in [-0.4, -0.2) is 23.2 Å². The van der Waals surface area contributed by atoms with Crippen molar-refractivity contribution in [3.05, 3.63) is 48.4 Å². The summed E-state index contributed by atoms with van der Waals surface area (Å²) in [6, 6.07) is 9.66. The van der Waals surface area contributed by atoms with Crippen LogP contribution < -0.4 is 4.74 Å². The zero-order chi connectivity index (χ0) is 12.9. The van der Waals surface area contributed by atoms with E-state index in [4.69, 9.17) is 9.47 Å². The second-order valence-electron chi connectivity index (χ2n) is 4.58. The summed E-state index contributed by atoms with van der Waals surface area (Å²) in [6.07, 6.45) is 5.50. The smallest absolute Gasteiger partial charge is 0.241 e. The van der Waals surface area contributed by atoms with Gasteiger partial charge in [0, 0.05) is 24.9 Å². The monoisotopic (exact) mass is 256 g/mol. The molecule has 4 heteroatoms. The predicted molar refractivity (Wildman–Crippen MR) is 71.3 cm³/mol. The molecule has 19 heavy (non-hydrogen) atoms. The van der Waals surface area contributed by atoms with Crippen LogP contribution in [0.2, 0.25) is 0 Å². The fraction of sp³-hybridized carbons (Fsp3) is 0.333. The first-order valence-corrected chi connectivity index (χ1v) is 6.55. The van der Waals surface area contributed by atoms with Gasteiger partial charge in [0.05, 0.1) is 6.61 Å². The number of ether oxygens (including phenoxy) is 2. The van der Waals surface area contributed by atoms with Crippen LogP contribution in [0, 0.1) is 0 Å².